The van der Waals surface area contributed by atoms with Crippen molar-refractivity contribution in [3.05, 3.63) is 46.2 Å². The van der Waals surface area contributed by atoms with E-state index in [1.54, 1.807) is 30.3 Å². The van der Waals surface area contributed by atoms with Crippen LogP contribution in [-0.4, -0.2) is 17.9 Å². The molecule has 0 bridgehead atoms. The van der Waals surface area contributed by atoms with Gasteiger partial charge in [-0.25, -0.2) is 0 Å². The molecule has 0 radical (unpaired) electrons. The molecule has 96 valence electrons. The van der Waals surface area contributed by atoms with E-state index in [0.29, 0.717) is 10.4 Å². The van der Waals surface area contributed by atoms with Gasteiger partial charge in [0.05, 0.1) is 12.3 Å². The van der Waals surface area contributed by atoms with E-state index in [9.17, 15) is 4.79 Å². The number of hydrogen-bond donors (Lipinski definition) is 0. The molecule has 0 saturated heterocycles. The third-order valence-corrected chi connectivity index (χ3v) is 3.33. The Balaban J connectivity index is 2.21. The second-order valence-corrected chi connectivity index (χ2v) is 4.95. The second kappa shape index (κ2) is 5.02. The molecule has 0 spiro atoms. The van der Waals surface area contributed by atoms with Crippen molar-refractivity contribution in [1.82, 2.24) is 4.90 Å². The lowest BCUT2D eigenvalue weighted by Crippen LogP contribution is -2.29. The Morgan fingerprint density at radius 1 is 1.50 bits per heavy atom. The first-order chi connectivity index (χ1) is 8.50. The van der Waals surface area contributed by atoms with Gasteiger partial charge in [-0.2, -0.15) is 0 Å². The molecule has 0 N–H and O–H groups in total. The van der Waals surface area contributed by atoms with Gasteiger partial charge in [0.25, 0.3) is 5.91 Å². The zero-order chi connectivity index (χ0) is 13.3. The molecule has 0 aromatic carbocycles. The predicted octanol–water partition coefficient (Wildman–Crippen LogP) is 3.78. The van der Waals surface area contributed by atoms with Gasteiger partial charge in [0, 0.05) is 12.6 Å². The highest BCUT2D eigenvalue weighted by Crippen LogP contribution is 2.25. The summed E-state index contributed by atoms with van der Waals surface area (Å²) in [6.07, 6.45) is 1.60. The summed E-state index contributed by atoms with van der Waals surface area (Å²) in [4.78, 5) is 13.9. The first-order valence-corrected chi connectivity index (χ1v) is 6.36. The number of furan rings is 2. The average molecular weight is 312 g/mol. The van der Waals surface area contributed by atoms with E-state index in [2.05, 4.69) is 15.9 Å². The van der Waals surface area contributed by atoms with Gasteiger partial charge in [0.15, 0.2) is 10.4 Å². The Morgan fingerprint density at radius 3 is 2.72 bits per heavy atom. The number of hydrogen-bond acceptors (Lipinski definition) is 3. The maximum absolute atomic E-state index is 12.3. The standard InChI is InChI=1S/C13H14BrNO3/c1-8-7-11(14)18-12(8)13(16)15(3)9(2)10-5-4-6-17-10/h4-7,9H,1-3H3. The highest BCUT2D eigenvalue weighted by Gasteiger charge is 2.24. The van der Waals surface area contributed by atoms with Gasteiger partial charge in [0.1, 0.15) is 5.76 Å². The van der Waals surface area contributed by atoms with Gasteiger partial charge in [0.2, 0.25) is 0 Å². The summed E-state index contributed by atoms with van der Waals surface area (Å²) in [5, 5.41) is 0. The van der Waals surface area contributed by atoms with Crippen molar-refractivity contribution < 1.29 is 13.6 Å². The van der Waals surface area contributed by atoms with Crippen LogP contribution in [0.25, 0.3) is 0 Å². The second-order valence-electron chi connectivity index (χ2n) is 4.17. The van der Waals surface area contributed by atoms with Crippen LogP contribution in [0.15, 0.2) is 38.0 Å². The maximum Gasteiger partial charge on any atom is 0.290 e. The molecule has 1 unspecified atom stereocenters. The zero-order valence-electron chi connectivity index (χ0n) is 10.4. The van der Waals surface area contributed by atoms with Crippen molar-refractivity contribution in [2.75, 3.05) is 7.05 Å². The quantitative estimate of drug-likeness (QED) is 0.866. The van der Waals surface area contributed by atoms with Crippen LogP contribution >= 0.6 is 15.9 Å². The fourth-order valence-corrected chi connectivity index (χ4v) is 2.22. The van der Waals surface area contributed by atoms with Gasteiger partial charge >= 0.3 is 0 Å². The zero-order valence-corrected chi connectivity index (χ0v) is 12.0. The fourth-order valence-electron chi connectivity index (χ4n) is 1.71. The van der Waals surface area contributed by atoms with E-state index < -0.39 is 0 Å². The average Bonchev–Trinajstić information content (AvgIpc) is 2.96. The number of rotatable bonds is 3. The van der Waals surface area contributed by atoms with Gasteiger partial charge in [-0.15, -0.1) is 0 Å². The molecular weight excluding hydrogens is 298 g/mol. The highest BCUT2D eigenvalue weighted by atomic mass is 79.9. The molecule has 1 amide bonds. The minimum Gasteiger partial charge on any atom is -0.467 e. The predicted molar refractivity (Wildman–Crippen MR) is 70.4 cm³/mol. The molecule has 0 aliphatic heterocycles. The monoisotopic (exact) mass is 311 g/mol. The van der Waals surface area contributed by atoms with E-state index in [1.165, 1.54) is 0 Å². The van der Waals surface area contributed by atoms with Crippen LogP contribution in [0, 0.1) is 6.92 Å². The summed E-state index contributed by atoms with van der Waals surface area (Å²) in [5.74, 6) is 0.930. The third kappa shape index (κ3) is 2.36. The normalized spacial score (nSPS) is 12.4. The van der Waals surface area contributed by atoms with Gasteiger partial charge in [-0.3, -0.25) is 4.79 Å². The molecule has 4 nitrogen and oxygen atoms in total. The van der Waals surface area contributed by atoms with Crippen molar-refractivity contribution in [3.63, 3.8) is 0 Å². The highest BCUT2D eigenvalue weighted by molar-refractivity contribution is 9.10. The van der Waals surface area contributed by atoms with Crippen LogP contribution in [0.1, 0.15) is 34.8 Å². The lowest BCUT2D eigenvalue weighted by Gasteiger charge is -2.22. The number of nitrogens with zero attached hydrogens (tertiary/aromatic N) is 1. The molecule has 0 aliphatic rings. The first-order valence-electron chi connectivity index (χ1n) is 5.57. The summed E-state index contributed by atoms with van der Waals surface area (Å²) in [5.41, 5.74) is 0.811. The molecule has 2 aromatic rings. The number of carbonyl (C=O) groups excluding carboxylic acids is 1. The number of aryl methyl sites for hydroxylation is 1. The Labute approximate surface area is 114 Å². The molecule has 0 aliphatic carbocycles. The lowest BCUT2D eigenvalue weighted by molar-refractivity contribution is 0.0691. The summed E-state index contributed by atoms with van der Waals surface area (Å²) in [6, 6.07) is 5.28. The molecule has 1 atom stereocenters. The van der Waals surface area contributed by atoms with Crippen LogP contribution in [0.5, 0.6) is 0 Å². The Bertz CT molecular complexity index is 545. The van der Waals surface area contributed by atoms with E-state index >= 15 is 0 Å². The van der Waals surface area contributed by atoms with Crippen LogP contribution in [-0.2, 0) is 0 Å². The largest absolute Gasteiger partial charge is 0.467 e. The van der Waals surface area contributed by atoms with Crippen molar-refractivity contribution >= 4 is 21.8 Å². The van der Waals surface area contributed by atoms with Crippen molar-refractivity contribution in [1.29, 1.82) is 0 Å². The van der Waals surface area contributed by atoms with Crippen molar-refractivity contribution in [2.45, 2.75) is 19.9 Å². The number of amides is 1. The topological polar surface area (TPSA) is 46.6 Å². The number of carbonyl (C=O) groups is 1. The molecule has 2 heterocycles. The smallest absolute Gasteiger partial charge is 0.290 e. The number of halogens is 1. The van der Waals surface area contributed by atoms with Crippen molar-refractivity contribution in [2.24, 2.45) is 0 Å². The molecule has 2 rings (SSSR count). The Morgan fingerprint density at radius 2 is 2.22 bits per heavy atom. The molecule has 2 aromatic heterocycles. The van der Waals surface area contributed by atoms with Crippen LogP contribution in [0.4, 0.5) is 0 Å². The molecule has 18 heavy (non-hydrogen) atoms. The Hall–Kier alpha value is -1.49. The maximum atomic E-state index is 12.3. The van der Waals surface area contributed by atoms with Gasteiger partial charge in [-0.1, -0.05) is 0 Å². The SMILES string of the molecule is Cc1cc(Br)oc1C(=O)N(C)C(C)c1ccco1. The summed E-state index contributed by atoms with van der Waals surface area (Å²) in [6.45, 7) is 3.75. The summed E-state index contributed by atoms with van der Waals surface area (Å²) >= 11 is 3.22. The van der Waals surface area contributed by atoms with Crippen molar-refractivity contribution in [3.8, 4) is 0 Å². The molecular formula is C13H14BrNO3. The summed E-state index contributed by atoms with van der Waals surface area (Å²) < 4.78 is 11.2. The van der Waals surface area contributed by atoms with Crippen LogP contribution in [0.2, 0.25) is 0 Å². The van der Waals surface area contributed by atoms with Gasteiger partial charge < -0.3 is 13.7 Å². The van der Waals surface area contributed by atoms with E-state index in [0.717, 1.165) is 11.3 Å². The minimum atomic E-state index is -0.165. The fraction of sp³-hybridized carbons (Fsp3) is 0.308. The van der Waals surface area contributed by atoms with Gasteiger partial charge in [-0.05, 0) is 48.0 Å². The van der Waals surface area contributed by atoms with E-state index in [1.807, 2.05) is 19.9 Å². The Kier molecular flexibility index (Phi) is 3.61. The molecule has 5 heteroatoms. The molecule has 0 fully saturated rings. The van der Waals surface area contributed by atoms with Crippen LogP contribution in [0.3, 0.4) is 0 Å². The molecule has 0 saturated carbocycles. The minimum absolute atomic E-state index is 0.143. The first kappa shape index (κ1) is 13.0. The van der Waals surface area contributed by atoms with E-state index in [4.69, 9.17) is 8.83 Å². The third-order valence-electron chi connectivity index (χ3n) is 2.94. The summed E-state index contributed by atoms with van der Waals surface area (Å²) in [7, 11) is 1.73. The lowest BCUT2D eigenvalue weighted by atomic mass is 10.2. The van der Waals surface area contributed by atoms with Crippen LogP contribution < -0.4 is 0 Å². The van der Waals surface area contributed by atoms with E-state index in [-0.39, 0.29) is 11.9 Å².